The molecule has 8 atom stereocenters. The highest BCUT2D eigenvalue weighted by Crippen LogP contribution is 2.45. The van der Waals surface area contributed by atoms with Gasteiger partial charge in [-0.2, -0.15) is 0 Å². The number of rotatable bonds is 85. The molecule has 0 radical (unpaired) electrons. The SMILES string of the molecule is CCCCCCCCCCCCCCC(=O)OC[C@H](COP(=O)(O)OC[C@H](O)COP(=O)(O)OC[C@@H](COC(=O)CCCCCCCCCCCCCCCCC(C)CC)OC(=O)CCCCCCCCCCCCCCCCCCCCC(C)CC)OC(=O)CCCCCCCCCCCCC(C)CC. The first-order valence-corrected chi connectivity index (χ1v) is 48.0. The first-order chi connectivity index (χ1) is 51.3. The van der Waals surface area contributed by atoms with Gasteiger partial charge in [0.2, 0.25) is 0 Å². The van der Waals surface area contributed by atoms with E-state index >= 15 is 0 Å². The van der Waals surface area contributed by atoms with Crippen LogP contribution in [0.25, 0.3) is 0 Å². The van der Waals surface area contributed by atoms with E-state index in [0.29, 0.717) is 25.7 Å². The Morgan fingerprint density at radius 1 is 0.264 bits per heavy atom. The summed E-state index contributed by atoms with van der Waals surface area (Å²) in [6.07, 6.45) is 67.8. The number of aliphatic hydroxyl groups excluding tert-OH is 1. The van der Waals surface area contributed by atoms with Gasteiger partial charge >= 0.3 is 39.5 Å². The van der Waals surface area contributed by atoms with E-state index in [9.17, 15) is 43.2 Å². The number of ether oxygens (including phenoxy) is 4. The number of phosphoric ester groups is 2. The molecule has 0 fully saturated rings. The van der Waals surface area contributed by atoms with E-state index in [1.54, 1.807) is 0 Å². The number of esters is 4. The van der Waals surface area contributed by atoms with Crippen molar-refractivity contribution < 1.29 is 80.2 Å². The van der Waals surface area contributed by atoms with Crippen LogP contribution >= 0.6 is 15.6 Å². The Kier molecular flexibility index (Phi) is 75.6. The lowest BCUT2D eigenvalue weighted by Gasteiger charge is -2.21. The zero-order valence-corrected chi connectivity index (χ0v) is 71.7. The van der Waals surface area contributed by atoms with E-state index in [1.165, 1.54) is 270 Å². The fourth-order valence-electron chi connectivity index (χ4n) is 13.4. The molecule has 17 nitrogen and oxygen atoms in total. The Hall–Kier alpha value is -1.94. The fraction of sp³-hybridized carbons (Fsp3) is 0.954. The van der Waals surface area contributed by atoms with Gasteiger partial charge in [0.05, 0.1) is 26.4 Å². The second kappa shape index (κ2) is 77.0. The molecule has 630 valence electrons. The predicted molar refractivity (Wildman–Crippen MR) is 437 cm³/mol. The van der Waals surface area contributed by atoms with Crippen LogP contribution in [-0.2, 0) is 65.4 Å². The lowest BCUT2D eigenvalue weighted by molar-refractivity contribution is -0.161. The number of carbonyl (C=O) groups excluding carboxylic acids is 4. The van der Waals surface area contributed by atoms with Gasteiger partial charge in [0, 0.05) is 25.7 Å². The molecule has 0 aromatic carbocycles. The molecule has 0 heterocycles. The predicted octanol–water partition coefficient (Wildman–Crippen LogP) is 26.5. The van der Waals surface area contributed by atoms with Crippen molar-refractivity contribution in [2.45, 2.75) is 478 Å². The summed E-state index contributed by atoms with van der Waals surface area (Å²) in [6.45, 7) is 12.1. The Balaban J connectivity index is 5.25. The monoisotopic (exact) mass is 1550 g/mol. The highest BCUT2D eigenvalue weighted by atomic mass is 31.2. The summed E-state index contributed by atoms with van der Waals surface area (Å²) in [4.78, 5) is 73.3. The topological polar surface area (TPSA) is 237 Å². The standard InChI is InChI=1S/C87H170O17P2/c1-8-12-13-14-15-16-17-32-40-47-54-61-68-84(89)97-75-83(104-87(92)71-64-57-50-43-36-35-39-46-53-60-67-80(7)11-4)77-102-106(95,96)100-73-81(88)72-99-105(93,94)101-76-82(74-98-85(90)69-62-55-48-41-33-28-25-24-27-31-38-45-52-59-66-79(6)10-3)103-86(91)70-63-56-49-42-34-29-23-21-19-18-20-22-26-30-37-44-51-58-65-78(5)9-2/h78-83,88H,8-77H2,1-7H3,(H,93,94)(H,95,96)/t78?,79?,80?,81-,82-,83-/m1/s1. The van der Waals surface area contributed by atoms with Crippen LogP contribution in [0.15, 0.2) is 0 Å². The van der Waals surface area contributed by atoms with E-state index in [4.69, 9.17) is 37.0 Å². The third kappa shape index (κ3) is 76.1. The number of carbonyl (C=O) groups is 4. The maximum atomic E-state index is 13.2. The van der Waals surface area contributed by atoms with Gasteiger partial charge in [-0.1, -0.05) is 408 Å². The minimum atomic E-state index is -4.97. The van der Waals surface area contributed by atoms with Gasteiger partial charge in [-0.25, -0.2) is 9.13 Å². The van der Waals surface area contributed by atoms with Gasteiger partial charge in [-0.3, -0.25) is 37.3 Å². The Morgan fingerprint density at radius 2 is 0.453 bits per heavy atom. The number of hydrogen-bond donors (Lipinski definition) is 3. The van der Waals surface area contributed by atoms with Gasteiger partial charge < -0.3 is 33.8 Å². The summed E-state index contributed by atoms with van der Waals surface area (Å²) >= 11 is 0. The third-order valence-corrected chi connectivity index (χ3v) is 23.4. The molecule has 0 aliphatic rings. The molecule has 0 amide bonds. The van der Waals surface area contributed by atoms with Crippen LogP contribution in [0, 0.1) is 17.8 Å². The first-order valence-electron chi connectivity index (χ1n) is 45.0. The largest absolute Gasteiger partial charge is 0.472 e. The van der Waals surface area contributed by atoms with Crippen molar-refractivity contribution in [2.75, 3.05) is 39.6 Å². The Bertz CT molecular complexity index is 2050. The second-order valence-corrected chi connectivity index (χ2v) is 34.9. The Morgan fingerprint density at radius 3 is 0.670 bits per heavy atom. The first kappa shape index (κ1) is 104. The minimum absolute atomic E-state index is 0.107. The molecule has 0 saturated carbocycles. The molecule has 0 spiro atoms. The van der Waals surface area contributed by atoms with Crippen molar-refractivity contribution in [2.24, 2.45) is 17.8 Å². The normalized spacial score (nSPS) is 14.6. The van der Waals surface area contributed by atoms with E-state index in [2.05, 4.69) is 48.5 Å². The van der Waals surface area contributed by atoms with Gasteiger partial charge in [-0.15, -0.1) is 0 Å². The van der Waals surface area contributed by atoms with Crippen LogP contribution in [0.3, 0.4) is 0 Å². The smallest absolute Gasteiger partial charge is 0.462 e. The van der Waals surface area contributed by atoms with Crippen molar-refractivity contribution in [3.8, 4) is 0 Å². The van der Waals surface area contributed by atoms with Gasteiger partial charge in [0.1, 0.15) is 19.3 Å². The Labute approximate surface area is 651 Å². The molecular weight excluding hydrogens is 1380 g/mol. The molecule has 0 aromatic rings. The summed E-state index contributed by atoms with van der Waals surface area (Å²) in [5.41, 5.74) is 0. The highest BCUT2D eigenvalue weighted by Gasteiger charge is 2.31. The summed E-state index contributed by atoms with van der Waals surface area (Å²) in [7, 11) is -9.93. The highest BCUT2D eigenvalue weighted by molar-refractivity contribution is 7.47. The van der Waals surface area contributed by atoms with Crippen molar-refractivity contribution in [1.29, 1.82) is 0 Å². The van der Waals surface area contributed by atoms with Crippen molar-refractivity contribution >= 4 is 39.5 Å². The molecule has 5 unspecified atom stereocenters. The molecule has 0 aliphatic heterocycles. The van der Waals surface area contributed by atoms with Crippen LogP contribution in [-0.4, -0.2) is 96.7 Å². The molecule has 0 bridgehead atoms. The van der Waals surface area contributed by atoms with Crippen LogP contribution < -0.4 is 0 Å². The average molecular weight is 1550 g/mol. The molecule has 0 saturated heterocycles. The van der Waals surface area contributed by atoms with Crippen LogP contribution in [0.1, 0.15) is 459 Å². The van der Waals surface area contributed by atoms with Crippen LogP contribution in [0.5, 0.6) is 0 Å². The lowest BCUT2D eigenvalue weighted by Crippen LogP contribution is -2.30. The zero-order chi connectivity index (χ0) is 77.9. The number of hydrogen-bond acceptors (Lipinski definition) is 15. The van der Waals surface area contributed by atoms with Crippen LogP contribution in [0.4, 0.5) is 0 Å². The summed E-state index contributed by atoms with van der Waals surface area (Å²) < 4.78 is 68.9. The summed E-state index contributed by atoms with van der Waals surface area (Å²) in [5.74, 6) is 0.422. The zero-order valence-electron chi connectivity index (χ0n) is 69.9. The second-order valence-electron chi connectivity index (χ2n) is 32.0. The molecule has 0 aromatic heterocycles. The van der Waals surface area contributed by atoms with Crippen LogP contribution in [0.2, 0.25) is 0 Å². The maximum Gasteiger partial charge on any atom is 0.472 e. The maximum absolute atomic E-state index is 13.2. The van der Waals surface area contributed by atoms with E-state index < -0.39 is 97.5 Å². The van der Waals surface area contributed by atoms with Gasteiger partial charge in [-0.05, 0) is 43.4 Å². The molecule has 0 rings (SSSR count). The number of phosphoric acid groups is 2. The van der Waals surface area contributed by atoms with E-state index in [1.807, 2.05) is 0 Å². The van der Waals surface area contributed by atoms with Gasteiger partial charge in [0.25, 0.3) is 0 Å². The summed E-state index contributed by atoms with van der Waals surface area (Å²) in [6, 6.07) is 0. The van der Waals surface area contributed by atoms with E-state index in [0.717, 1.165) is 108 Å². The molecule has 3 N–H and O–H groups in total. The number of aliphatic hydroxyl groups is 1. The van der Waals surface area contributed by atoms with Crippen molar-refractivity contribution in [1.82, 2.24) is 0 Å². The van der Waals surface area contributed by atoms with Gasteiger partial charge in [0.15, 0.2) is 12.2 Å². The molecular formula is C87H170O17P2. The van der Waals surface area contributed by atoms with Crippen molar-refractivity contribution in [3.05, 3.63) is 0 Å². The fourth-order valence-corrected chi connectivity index (χ4v) is 15.0. The quantitative estimate of drug-likeness (QED) is 0.0222. The van der Waals surface area contributed by atoms with Crippen molar-refractivity contribution in [3.63, 3.8) is 0 Å². The minimum Gasteiger partial charge on any atom is -0.462 e. The number of unbranched alkanes of at least 4 members (excludes halogenated alkanes) is 50. The molecule has 0 aliphatic carbocycles. The molecule has 19 heteroatoms. The summed E-state index contributed by atoms with van der Waals surface area (Å²) in [5, 5.41) is 10.7. The third-order valence-electron chi connectivity index (χ3n) is 21.5. The van der Waals surface area contributed by atoms with E-state index in [-0.39, 0.29) is 25.7 Å². The lowest BCUT2D eigenvalue weighted by atomic mass is 9.99. The molecule has 106 heavy (non-hydrogen) atoms. The average Bonchev–Trinajstić information content (AvgIpc) is 0.903.